The maximum Gasteiger partial charge on any atom is 2.00 e. The van der Waals surface area contributed by atoms with Crippen molar-refractivity contribution in [3.05, 3.63) is 68.8 Å². The van der Waals surface area contributed by atoms with Crippen molar-refractivity contribution in [1.29, 1.82) is 0 Å². The molecule has 0 saturated heterocycles. The Morgan fingerprint density at radius 3 is 2.11 bits per heavy atom. The number of imide groups is 1. The summed E-state index contributed by atoms with van der Waals surface area (Å²) >= 11 is 0. The number of aromatic nitrogens is 4. The Balaban J connectivity index is 0.00000400. The molecule has 3 aromatic heterocycles. The molecule has 8 bridgehead atoms. The molecule has 0 aliphatic carbocycles. The summed E-state index contributed by atoms with van der Waals surface area (Å²) in [5.41, 5.74) is 6.38. The molecule has 0 radical (unpaired) electrons. The molecule has 3 N–H and O–H groups in total. The fraction of sp³-hybridized carbons (Fsp3) is 0.394. The number of aryl methyl sites for hydroxylation is 2. The minimum absolute atomic E-state index is 0. The Morgan fingerprint density at radius 2 is 1.47 bits per heavy atom. The van der Waals surface area contributed by atoms with Gasteiger partial charge >= 0.3 is 26.4 Å². The van der Waals surface area contributed by atoms with Crippen LogP contribution in [0.15, 0.2) is 18.2 Å². The van der Waals surface area contributed by atoms with E-state index < -0.39 is 23.7 Å². The molecule has 4 atom stereocenters. The van der Waals surface area contributed by atoms with Crippen LogP contribution >= 0.6 is 0 Å². The molecule has 2 amide bonds. The van der Waals surface area contributed by atoms with E-state index in [-0.39, 0.29) is 73.4 Å². The first-order valence-electron chi connectivity index (χ1n) is 14.9. The summed E-state index contributed by atoms with van der Waals surface area (Å²) in [4.78, 5) is 71.2. The van der Waals surface area contributed by atoms with Crippen molar-refractivity contribution in [2.75, 3.05) is 0 Å². The van der Waals surface area contributed by atoms with E-state index in [0.29, 0.717) is 49.6 Å². The molecule has 12 heteroatoms. The third-order valence-electron chi connectivity index (χ3n) is 9.54. The number of aliphatic carboxylic acids is 1. The van der Waals surface area contributed by atoms with Gasteiger partial charge in [-0.3, -0.25) is 29.1 Å². The van der Waals surface area contributed by atoms with Gasteiger partial charge < -0.3 is 15.1 Å². The van der Waals surface area contributed by atoms with Gasteiger partial charge in [0.15, 0.2) is 5.78 Å². The maximum absolute atomic E-state index is 13.7. The number of rotatable bonds is 5. The van der Waals surface area contributed by atoms with Crippen LogP contribution in [-0.4, -0.2) is 43.7 Å². The summed E-state index contributed by atoms with van der Waals surface area (Å²) in [5.74, 6) is 2.89. The molecule has 3 aliphatic heterocycles. The number of hydrogen-bond acceptors (Lipinski definition) is 7. The van der Waals surface area contributed by atoms with Crippen molar-refractivity contribution in [3.63, 3.8) is 0 Å². The summed E-state index contributed by atoms with van der Waals surface area (Å²) in [6.07, 6.45) is 0.846. The zero-order valence-corrected chi connectivity index (χ0v) is 27.4. The number of carbonyl (C=O) groups is 4. The number of fused-ring (bicyclic) bond motifs is 8. The Labute approximate surface area is 273 Å². The van der Waals surface area contributed by atoms with Crippen molar-refractivity contribution in [1.82, 2.24) is 24.9 Å². The molecule has 0 saturated carbocycles. The number of Topliss-reactive ketones (excluding diaryl/α,β-unsaturated/α-hetero) is 1. The number of nitrogens with two attached hydrogens (primary N) is 1. The smallest absolute Gasteiger partial charge is 0.657 e. The van der Waals surface area contributed by atoms with Crippen molar-refractivity contribution in [2.24, 2.45) is 5.84 Å². The Hall–Kier alpha value is -3.98. The first kappa shape index (κ1) is 32.4. The summed E-state index contributed by atoms with van der Waals surface area (Å²) in [5, 5.41) is 10.1. The standard InChI is InChI=1S/C33H36N6O5.Pd/c1-7-18-13(2)20-12-25-27(17(6)40)15(4)22(36-25)10-21-14(3)19(8-9-26(41)42)30(37-21)29-31-28(32(43)39(34)33(29)44)16(5)23(38-31)11-24(18)35-20;/h10-14,18-19H,7-9,34H2,1-6H3,(H3,35,36,37,38,40,41,42,43,44);/q;+2/p-2/t13?,14?,18-,19+;/m1./s1. The molecule has 45 heavy (non-hydrogen) atoms. The molecule has 3 aliphatic rings. The molecule has 6 rings (SSSR count). The predicted octanol–water partition coefficient (Wildman–Crippen LogP) is 4.91. The number of nitrogens with zero attached hydrogens (tertiary/aromatic N) is 5. The van der Waals surface area contributed by atoms with Gasteiger partial charge in [-0.15, -0.1) is 22.1 Å². The van der Waals surface area contributed by atoms with Crippen LogP contribution in [0.3, 0.4) is 0 Å². The minimum atomic E-state index is -0.976. The first-order chi connectivity index (χ1) is 20.8. The van der Waals surface area contributed by atoms with E-state index in [1.54, 1.807) is 13.0 Å². The van der Waals surface area contributed by atoms with Gasteiger partial charge in [-0.25, -0.2) is 10.9 Å². The van der Waals surface area contributed by atoms with E-state index in [1.165, 1.54) is 6.92 Å². The van der Waals surface area contributed by atoms with Crippen molar-refractivity contribution >= 4 is 45.6 Å². The molecule has 2 unspecified atom stereocenters. The Morgan fingerprint density at radius 1 is 0.889 bits per heavy atom. The molecule has 3 aromatic rings. The van der Waals surface area contributed by atoms with Gasteiger partial charge in [0.25, 0.3) is 11.8 Å². The van der Waals surface area contributed by atoms with E-state index in [1.807, 2.05) is 26.0 Å². The molecular weight excluding hydrogens is 667 g/mol. The average molecular weight is 701 g/mol. The van der Waals surface area contributed by atoms with Gasteiger partial charge in [-0.1, -0.05) is 50.1 Å². The second kappa shape index (κ2) is 11.7. The molecule has 236 valence electrons. The monoisotopic (exact) mass is 700 g/mol. The van der Waals surface area contributed by atoms with Crippen LogP contribution in [0.1, 0.15) is 136 Å². The fourth-order valence-electron chi connectivity index (χ4n) is 7.01. The summed E-state index contributed by atoms with van der Waals surface area (Å²) in [6.45, 7) is 11.2. The molecule has 6 heterocycles. The quantitative estimate of drug-likeness (QED) is 0.123. The molecule has 0 spiro atoms. The zero-order valence-electron chi connectivity index (χ0n) is 25.9. The number of carboxylic acid groups (broad SMARTS) is 1. The number of hydrazine groups is 1. The normalized spacial score (nSPS) is 20.7. The van der Waals surface area contributed by atoms with E-state index in [9.17, 15) is 24.3 Å². The average Bonchev–Trinajstić information content (AvgIpc) is 3.64. The zero-order chi connectivity index (χ0) is 31.8. The number of carbonyl (C=O) groups excluding carboxylic acids is 3. The van der Waals surface area contributed by atoms with Crippen LogP contribution in [0.2, 0.25) is 0 Å². The second-order valence-electron chi connectivity index (χ2n) is 12.1. The predicted molar refractivity (Wildman–Crippen MR) is 163 cm³/mol. The fourth-order valence-corrected chi connectivity index (χ4v) is 7.01. The summed E-state index contributed by atoms with van der Waals surface area (Å²) in [6, 6.07) is 5.53. The van der Waals surface area contributed by atoms with Crippen molar-refractivity contribution in [3.8, 4) is 0 Å². The van der Waals surface area contributed by atoms with E-state index >= 15 is 0 Å². The number of ketones is 1. The van der Waals surface area contributed by atoms with E-state index in [2.05, 4.69) is 13.8 Å². The molecule has 0 fully saturated rings. The number of carboxylic acids is 1. The van der Waals surface area contributed by atoms with Crippen molar-refractivity contribution < 1.29 is 44.7 Å². The van der Waals surface area contributed by atoms with E-state index in [0.717, 1.165) is 17.8 Å². The molecular formula is C33H34N6O5Pd. The Kier molecular flexibility index (Phi) is 8.46. The van der Waals surface area contributed by atoms with Gasteiger partial charge in [0.05, 0.1) is 5.69 Å². The van der Waals surface area contributed by atoms with Crippen LogP contribution in [0, 0.1) is 13.8 Å². The van der Waals surface area contributed by atoms with Gasteiger partial charge in [0, 0.05) is 63.9 Å². The Bertz CT molecular complexity index is 1960. The second-order valence-corrected chi connectivity index (χ2v) is 12.1. The van der Waals surface area contributed by atoms with Crippen LogP contribution < -0.4 is 15.8 Å². The third-order valence-corrected chi connectivity index (χ3v) is 9.54. The van der Waals surface area contributed by atoms with Gasteiger partial charge in [-0.05, 0) is 33.6 Å². The minimum Gasteiger partial charge on any atom is -0.657 e. The van der Waals surface area contributed by atoms with Crippen LogP contribution in [0.5, 0.6) is 0 Å². The summed E-state index contributed by atoms with van der Waals surface area (Å²) < 4.78 is 0. The first-order valence-corrected chi connectivity index (χ1v) is 14.9. The van der Waals surface area contributed by atoms with Crippen LogP contribution in [-0.2, 0) is 25.2 Å². The third kappa shape index (κ3) is 5.05. The van der Waals surface area contributed by atoms with Crippen LogP contribution in [0.25, 0.3) is 22.1 Å². The van der Waals surface area contributed by atoms with Crippen molar-refractivity contribution in [2.45, 2.75) is 84.5 Å². The summed E-state index contributed by atoms with van der Waals surface area (Å²) in [7, 11) is 0. The van der Waals surface area contributed by atoms with Gasteiger partial charge in [-0.2, -0.15) is 0 Å². The SMILES string of the molecule is CC[C@H]1c2cc3[n-]c4c(c5nc(cc6[n-]c(cc(n2)C1C)c(C(C)=O)c6C)C(C)[C@@H]5CCC(=O)O)C(=O)N(N)C(=O)c4c3C.[Pd+2]. The topological polar surface area (TPSA) is 172 Å². The number of hydrogen-bond donors (Lipinski definition) is 2. The largest absolute Gasteiger partial charge is 2.00 e. The van der Waals surface area contributed by atoms with Gasteiger partial charge in [0.1, 0.15) is 0 Å². The van der Waals surface area contributed by atoms with E-state index in [4.69, 9.17) is 25.8 Å². The van der Waals surface area contributed by atoms with Gasteiger partial charge in [0.2, 0.25) is 0 Å². The molecule has 0 aromatic carbocycles. The molecule has 11 nitrogen and oxygen atoms in total. The number of amides is 2. The maximum atomic E-state index is 13.7. The van der Waals surface area contributed by atoms with Crippen LogP contribution in [0.4, 0.5) is 0 Å².